The first kappa shape index (κ1) is 11.1. The fraction of sp³-hybridized carbons (Fsp3) is 0.364. The van der Waals surface area contributed by atoms with Gasteiger partial charge in [-0.15, -0.1) is 0 Å². The quantitative estimate of drug-likeness (QED) is 0.765. The predicted molar refractivity (Wildman–Crippen MR) is 65.3 cm³/mol. The van der Waals surface area contributed by atoms with Crippen molar-refractivity contribution in [1.82, 2.24) is 0 Å². The Kier molecular flexibility index (Phi) is 3.21. The highest BCUT2D eigenvalue weighted by Crippen LogP contribution is 2.24. The maximum absolute atomic E-state index is 11.5. The lowest BCUT2D eigenvalue weighted by Gasteiger charge is -2.14. The average Bonchev–Trinajstić information content (AvgIpc) is 2.01. The molecule has 0 saturated carbocycles. The monoisotopic (exact) mass is 211 g/mol. The van der Waals surface area contributed by atoms with Crippen molar-refractivity contribution >= 4 is 21.3 Å². The SMILES string of the molecule is C=S(C)(=O)Nc1ccccc1C(C)C. The first-order valence-corrected chi connectivity index (χ1v) is 6.72. The van der Waals surface area contributed by atoms with Gasteiger partial charge in [-0.05, 0) is 23.4 Å². The van der Waals surface area contributed by atoms with Crippen molar-refractivity contribution in [3.8, 4) is 0 Å². The van der Waals surface area contributed by atoms with Gasteiger partial charge >= 0.3 is 0 Å². The molecule has 14 heavy (non-hydrogen) atoms. The molecule has 1 atom stereocenters. The molecule has 1 aromatic rings. The molecule has 1 aromatic carbocycles. The van der Waals surface area contributed by atoms with Crippen LogP contribution in [0.4, 0.5) is 5.69 Å². The van der Waals surface area contributed by atoms with Crippen LogP contribution < -0.4 is 4.72 Å². The molecule has 0 aliphatic heterocycles. The van der Waals surface area contributed by atoms with E-state index in [4.69, 9.17) is 0 Å². The van der Waals surface area contributed by atoms with Crippen LogP contribution in [0.2, 0.25) is 0 Å². The maximum atomic E-state index is 11.5. The van der Waals surface area contributed by atoms with E-state index in [0.717, 1.165) is 5.69 Å². The van der Waals surface area contributed by atoms with Gasteiger partial charge in [0.15, 0.2) is 0 Å². The van der Waals surface area contributed by atoms with Gasteiger partial charge in [-0.1, -0.05) is 32.0 Å². The van der Waals surface area contributed by atoms with E-state index >= 15 is 0 Å². The standard InChI is InChI=1S/C11H17NOS/c1-9(2)10-7-5-6-8-11(10)12-14(3,4)13/h5-9H,3H2,1-2,4H3,(H,12,13). The van der Waals surface area contributed by atoms with Gasteiger partial charge in [0.25, 0.3) is 0 Å². The lowest BCUT2D eigenvalue weighted by molar-refractivity contribution is 0.688. The summed E-state index contributed by atoms with van der Waals surface area (Å²) in [6.45, 7) is 4.22. The summed E-state index contributed by atoms with van der Waals surface area (Å²) in [5.74, 6) is 4.00. The molecule has 0 aromatic heterocycles. The zero-order valence-electron chi connectivity index (χ0n) is 8.91. The normalized spacial score (nSPS) is 15.1. The van der Waals surface area contributed by atoms with Gasteiger partial charge in [-0.2, -0.15) is 0 Å². The Labute approximate surface area is 86.5 Å². The van der Waals surface area contributed by atoms with E-state index in [1.54, 1.807) is 6.26 Å². The van der Waals surface area contributed by atoms with E-state index in [9.17, 15) is 4.21 Å². The first-order valence-electron chi connectivity index (χ1n) is 4.59. The molecule has 0 spiro atoms. The number of para-hydroxylation sites is 1. The summed E-state index contributed by atoms with van der Waals surface area (Å²) in [6, 6.07) is 7.89. The summed E-state index contributed by atoms with van der Waals surface area (Å²) < 4.78 is 14.5. The minimum absolute atomic E-state index is 0.417. The van der Waals surface area contributed by atoms with Gasteiger partial charge in [0, 0.05) is 21.7 Å². The second-order valence-electron chi connectivity index (χ2n) is 3.85. The summed E-state index contributed by atoms with van der Waals surface area (Å²) >= 11 is 0. The van der Waals surface area contributed by atoms with Crippen molar-refractivity contribution in [3.05, 3.63) is 29.8 Å². The summed E-state index contributed by atoms with van der Waals surface area (Å²) in [4.78, 5) is 0. The highest BCUT2D eigenvalue weighted by atomic mass is 32.2. The zero-order chi connectivity index (χ0) is 10.8. The molecule has 0 radical (unpaired) electrons. The highest BCUT2D eigenvalue weighted by Gasteiger charge is 2.06. The Bertz CT molecular complexity index is 407. The lowest BCUT2D eigenvalue weighted by Crippen LogP contribution is -2.11. The molecular weight excluding hydrogens is 194 g/mol. The number of nitrogens with one attached hydrogen (secondary N) is 1. The Morgan fingerprint density at radius 2 is 1.93 bits per heavy atom. The first-order chi connectivity index (χ1) is 6.40. The Morgan fingerprint density at radius 1 is 1.36 bits per heavy atom. The summed E-state index contributed by atoms with van der Waals surface area (Å²) in [7, 11) is -2.18. The van der Waals surface area contributed by atoms with Gasteiger partial charge in [0.1, 0.15) is 0 Å². The van der Waals surface area contributed by atoms with Gasteiger partial charge in [-0.3, -0.25) is 0 Å². The smallest absolute Gasteiger partial charge is 0.0491 e. The van der Waals surface area contributed by atoms with Gasteiger partial charge in [-0.25, -0.2) is 4.21 Å². The van der Waals surface area contributed by atoms with Gasteiger partial charge in [0.2, 0.25) is 0 Å². The molecule has 0 amide bonds. The average molecular weight is 211 g/mol. The van der Waals surface area contributed by atoms with E-state index in [0.29, 0.717) is 5.92 Å². The number of benzene rings is 1. The Balaban J connectivity index is 3.08. The molecule has 0 fully saturated rings. The van der Waals surface area contributed by atoms with Crippen LogP contribution in [0.5, 0.6) is 0 Å². The van der Waals surface area contributed by atoms with Gasteiger partial charge in [0.05, 0.1) is 0 Å². The van der Waals surface area contributed by atoms with Crippen molar-refractivity contribution in [1.29, 1.82) is 0 Å². The predicted octanol–water partition coefficient (Wildman–Crippen LogP) is 2.48. The fourth-order valence-corrected chi connectivity index (χ4v) is 1.98. The third-order valence-electron chi connectivity index (χ3n) is 1.91. The van der Waals surface area contributed by atoms with Crippen LogP contribution in [0.3, 0.4) is 0 Å². The van der Waals surface area contributed by atoms with Crippen LogP contribution in [0, 0.1) is 0 Å². The largest absolute Gasteiger partial charge is 0.313 e. The molecule has 0 heterocycles. The highest BCUT2D eigenvalue weighted by molar-refractivity contribution is 8.00. The minimum Gasteiger partial charge on any atom is -0.313 e. The lowest BCUT2D eigenvalue weighted by atomic mass is 10.0. The number of hydrogen-bond acceptors (Lipinski definition) is 1. The molecule has 1 rings (SSSR count). The molecule has 3 heteroatoms. The summed E-state index contributed by atoms with van der Waals surface area (Å²) in [6.07, 6.45) is 1.60. The minimum atomic E-state index is -2.18. The van der Waals surface area contributed by atoms with Crippen molar-refractivity contribution in [2.75, 3.05) is 11.0 Å². The molecule has 0 aliphatic rings. The van der Waals surface area contributed by atoms with E-state index < -0.39 is 9.71 Å². The summed E-state index contributed by atoms with van der Waals surface area (Å²) in [5.41, 5.74) is 2.09. The number of hydrogen-bond donors (Lipinski definition) is 1. The van der Waals surface area contributed by atoms with Crippen LogP contribution in [-0.4, -0.2) is 16.3 Å². The molecule has 0 saturated heterocycles. The van der Waals surface area contributed by atoms with Crippen molar-refractivity contribution < 1.29 is 4.21 Å². The molecule has 1 unspecified atom stereocenters. The molecule has 1 N–H and O–H groups in total. The summed E-state index contributed by atoms with van der Waals surface area (Å²) in [5, 5.41) is 0. The van der Waals surface area contributed by atoms with Gasteiger partial charge < -0.3 is 4.72 Å². The van der Waals surface area contributed by atoms with Crippen molar-refractivity contribution in [2.45, 2.75) is 19.8 Å². The van der Waals surface area contributed by atoms with E-state index in [-0.39, 0.29) is 0 Å². The van der Waals surface area contributed by atoms with Crippen LogP contribution in [0.1, 0.15) is 25.3 Å². The third kappa shape index (κ3) is 3.07. The molecule has 2 nitrogen and oxygen atoms in total. The molecular formula is C11H17NOS. The topological polar surface area (TPSA) is 29.1 Å². The zero-order valence-corrected chi connectivity index (χ0v) is 9.73. The second-order valence-corrected chi connectivity index (χ2v) is 6.06. The fourth-order valence-electron chi connectivity index (χ4n) is 1.33. The number of anilines is 1. The van der Waals surface area contributed by atoms with E-state index in [1.165, 1.54) is 5.56 Å². The molecule has 0 bridgehead atoms. The Morgan fingerprint density at radius 3 is 2.43 bits per heavy atom. The second kappa shape index (κ2) is 4.05. The van der Waals surface area contributed by atoms with Crippen molar-refractivity contribution in [3.63, 3.8) is 0 Å². The number of rotatable bonds is 3. The van der Waals surface area contributed by atoms with Crippen LogP contribution >= 0.6 is 0 Å². The third-order valence-corrected chi connectivity index (χ3v) is 2.56. The van der Waals surface area contributed by atoms with Crippen LogP contribution in [-0.2, 0) is 9.71 Å². The van der Waals surface area contributed by atoms with E-state index in [1.807, 2.05) is 24.3 Å². The molecule has 0 aliphatic carbocycles. The van der Waals surface area contributed by atoms with Crippen molar-refractivity contribution in [2.24, 2.45) is 0 Å². The maximum Gasteiger partial charge on any atom is 0.0491 e. The Hall–Kier alpha value is -0.960. The van der Waals surface area contributed by atoms with E-state index in [2.05, 4.69) is 24.4 Å². The van der Waals surface area contributed by atoms with Crippen LogP contribution in [0.15, 0.2) is 24.3 Å². The van der Waals surface area contributed by atoms with Crippen LogP contribution in [0.25, 0.3) is 0 Å². The molecule has 78 valence electrons.